The summed E-state index contributed by atoms with van der Waals surface area (Å²) in [6, 6.07) is 7.40. The first-order valence-corrected chi connectivity index (χ1v) is 9.13. The van der Waals surface area contributed by atoms with Gasteiger partial charge < -0.3 is 9.80 Å². The maximum Gasteiger partial charge on any atom is 0.274 e. The fraction of sp³-hybridized carbons (Fsp3) is 0.294. The highest BCUT2D eigenvalue weighted by atomic mass is 32.1. The molecule has 0 atom stereocenters. The van der Waals surface area contributed by atoms with Crippen molar-refractivity contribution in [1.82, 2.24) is 25.3 Å². The molecule has 0 aromatic carbocycles. The van der Waals surface area contributed by atoms with Gasteiger partial charge in [0.05, 0.1) is 22.5 Å². The van der Waals surface area contributed by atoms with Crippen LogP contribution in [0.1, 0.15) is 15.4 Å². The first-order chi connectivity index (χ1) is 12.6. The quantitative estimate of drug-likeness (QED) is 0.728. The molecule has 1 saturated heterocycles. The molecule has 0 spiro atoms. The number of aryl methyl sites for hydroxylation is 1. The maximum absolute atomic E-state index is 12.7. The van der Waals surface area contributed by atoms with E-state index in [4.69, 9.17) is 0 Å². The van der Waals surface area contributed by atoms with Crippen LogP contribution in [0.2, 0.25) is 0 Å². The molecule has 26 heavy (non-hydrogen) atoms. The fourth-order valence-corrected chi connectivity index (χ4v) is 3.84. The molecule has 9 heteroatoms. The number of piperazine rings is 1. The van der Waals surface area contributed by atoms with Crippen molar-refractivity contribution in [3.63, 3.8) is 0 Å². The summed E-state index contributed by atoms with van der Waals surface area (Å²) in [5.74, 6) is -0.0792. The molecule has 3 aromatic rings. The Kier molecular flexibility index (Phi) is 4.29. The van der Waals surface area contributed by atoms with E-state index in [1.54, 1.807) is 28.5 Å². The second kappa shape index (κ2) is 6.75. The Balaban J connectivity index is 1.42. The largest absolute Gasteiger partial charge is 0.367 e. The standard InChI is InChI=1S/C17H18N6O2S/c1-11-2-3-15(26-11)13-9-14(20-19-13)17(25)23-6-4-22(5-7-23)12-8-16(24)21-18-10-12/h2-3,8-10H,4-7H2,1H3,(H,19,20)(H,21,24). The minimum absolute atomic E-state index is 0.0792. The van der Waals surface area contributed by atoms with Gasteiger partial charge >= 0.3 is 0 Å². The summed E-state index contributed by atoms with van der Waals surface area (Å²) in [5, 5.41) is 13.3. The van der Waals surface area contributed by atoms with Gasteiger partial charge in [-0.05, 0) is 25.1 Å². The van der Waals surface area contributed by atoms with Gasteiger partial charge in [-0.15, -0.1) is 11.3 Å². The van der Waals surface area contributed by atoms with Crippen LogP contribution in [0.25, 0.3) is 10.6 Å². The number of carbonyl (C=O) groups excluding carboxylic acids is 1. The maximum atomic E-state index is 12.7. The summed E-state index contributed by atoms with van der Waals surface area (Å²) in [6.45, 7) is 4.50. The molecule has 1 amide bonds. The molecule has 2 N–H and O–H groups in total. The number of aromatic amines is 2. The van der Waals surface area contributed by atoms with Gasteiger partial charge in [0.2, 0.25) is 0 Å². The van der Waals surface area contributed by atoms with Crippen molar-refractivity contribution in [3.8, 4) is 10.6 Å². The number of H-pyrrole nitrogens is 2. The zero-order chi connectivity index (χ0) is 18.1. The van der Waals surface area contributed by atoms with E-state index in [0.29, 0.717) is 31.9 Å². The minimum atomic E-state index is -0.228. The Morgan fingerprint density at radius 3 is 2.65 bits per heavy atom. The molecule has 0 bridgehead atoms. The van der Waals surface area contributed by atoms with Gasteiger partial charge in [-0.2, -0.15) is 10.2 Å². The lowest BCUT2D eigenvalue weighted by molar-refractivity contribution is 0.0741. The number of nitrogens with one attached hydrogen (secondary N) is 2. The Morgan fingerprint density at radius 1 is 1.15 bits per heavy atom. The number of aromatic nitrogens is 4. The number of anilines is 1. The van der Waals surface area contributed by atoms with Crippen LogP contribution >= 0.6 is 11.3 Å². The van der Waals surface area contributed by atoms with Crippen LogP contribution in [0.3, 0.4) is 0 Å². The smallest absolute Gasteiger partial charge is 0.274 e. The molecule has 0 aliphatic carbocycles. The molecule has 134 valence electrons. The van der Waals surface area contributed by atoms with Crippen LogP contribution in [-0.4, -0.2) is 57.4 Å². The second-order valence-electron chi connectivity index (χ2n) is 6.16. The first-order valence-electron chi connectivity index (χ1n) is 8.31. The number of carbonyl (C=O) groups is 1. The molecule has 1 aliphatic heterocycles. The highest BCUT2D eigenvalue weighted by molar-refractivity contribution is 7.15. The summed E-state index contributed by atoms with van der Waals surface area (Å²) in [7, 11) is 0. The lowest BCUT2D eigenvalue weighted by Gasteiger charge is -2.35. The molecule has 0 unspecified atom stereocenters. The minimum Gasteiger partial charge on any atom is -0.367 e. The summed E-state index contributed by atoms with van der Waals surface area (Å²) < 4.78 is 0. The van der Waals surface area contributed by atoms with Crippen molar-refractivity contribution in [2.75, 3.05) is 31.1 Å². The van der Waals surface area contributed by atoms with Crippen molar-refractivity contribution < 1.29 is 4.79 Å². The van der Waals surface area contributed by atoms with Gasteiger partial charge in [0, 0.05) is 37.1 Å². The highest BCUT2D eigenvalue weighted by Crippen LogP contribution is 2.26. The van der Waals surface area contributed by atoms with Crippen molar-refractivity contribution in [1.29, 1.82) is 0 Å². The second-order valence-corrected chi connectivity index (χ2v) is 7.45. The summed E-state index contributed by atoms with van der Waals surface area (Å²) in [4.78, 5) is 30.2. The number of amides is 1. The molecule has 1 aliphatic rings. The molecule has 1 fully saturated rings. The van der Waals surface area contributed by atoms with Gasteiger partial charge in [0.15, 0.2) is 5.69 Å². The zero-order valence-electron chi connectivity index (χ0n) is 14.2. The summed E-state index contributed by atoms with van der Waals surface area (Å²) in [6.07, 6.45) is 1.63. The number of hydrogen-bond donors (Lipinski definition) is 2. The van der Waals surface area contributed by atoms with E-state index in [9.17, 15) is 9.59 Å². The van der Waals surface area contributed by atoms with Crippen molar-refractivity contribution in [2.45, 2.75) is 6.92 Å². The van der Waals surface area contributed by atoms with E-state index in [-0.39, 0.29) is 11.5 Å². The Bertz CT molecular complexity index is 983. The van der Waals surface area contributed by atoms with Crippen LogP contribution in [0.15, 0.2) is 35.3 Å². The number of nitrogens with zero attached hydrogens (tertiary/aromatic N) is 4. The Labute approximate surface area is 153 Å². The fourth-order valence-electron chi connectivity index (χ4n) is 3.01. The summed E-state index contributed by atoms with van der Waals surface area (Å²) in [5.41, 5.74) is 1.84. The first kappa shape index (κ1) is 16.5. The predicted octanol–water partition coefficient (Wildman–Crippen LogP) is 1.49. The van der Waals surface area contributed by atoms with Crippen LogP contribution < -0.4 is 10.5 Å². The summed E-state index contributed by atoms with van der Waals surface area (Å²) >= 11 is 1.66. The van der Waals surface area contributed by atoms with E-state index in [1.165, 1.54) is 10.9 Å². The van der Waals surface area contributed by atoms with E-state index < -0.39 is 0 Å². The SMILES string of the molecule is Cc1ccc(-c2cc(C(=O)N3CCN(c4cn[nH]c(=O)c4)CC3)n[nH]2)s1. The van der Waals surface area contributed by atoms with Gasteiger partial charge in [0.25, 0.3) is 11.5 Å². The van der Waals surface area contributed by atoms with Crippen molar-refractivity contribution in [2.24, 2.45) is 0 Å². The van der Waals surface area contributed by atoms with E-state index in [2.05, 4.69) is 25.3 Å². The lowest BCUT2D eigenvalue weighted by atomic mass is 10.2. The van der Waals surface area contributed by atoms with Crippen molar-refractivity contribution in [3.05, 3.63) is 51.4 Å². The van der Waals surface area contributed by atoms with Crippen LogP contribution in [-0.2, 0) is 0 Å². The third-order valence-electron chi connectivity index (χ3n) is 4.39. The molecule has 3 aromatic heterocycles. The van der Waals surface area contributed by atoms with Crippen LogP contribution in [0.5, 0.6) is 0 Å². The predicted molar refractivity (Wildman–Crippen MR) is 99.6 cm³/mol. The Morgan fingerprint density at radius 2 is 1.96 bits per heavy atom. The average Bonchev–Trinajstić information content (AvgIpc) is 3.30. The van der Waals surface area contributed by atoms with E-state index >= 15 is 0 Å². The third kappa shape index (κ3) is 3.25. The molecule has 8 nitrogen and oxygen atoms in total. The molecule has 0 radical (unpaired) electrons. The number of hydrogen-bond acceptors (Lipinski definition) is 6. The number of thiophene rings is 1. The Hall–Kier alpha value is -2.94. The zero-order valence-corrected chi connectivity index (χ0v) is 15.0. The highest BCUT2D eigenvalue weighted by Gasteiger charge is 2.24. The van der Waals surface area contributed by atoms with E-state index in [0.717, 1.165) is 16.3 Å². The van der Waals surface area contributed by atoms with Gasteiger partial charge in [-0.1, -0.05) is 0 Å². The van der Waals surface area contributed by atoms with Gasteiger partial charge in [-0.3, -0.25) is 14.7 Å². The third-order valence-corrected chi connectivity index (χ3v) is 5.42. The van der Waals surface area contributed by atoms with E-state index in [1.807, 2.05) is 19.1 Å². The molecule has 4 rings (SSSR count). The molecule has 0 saturated carbocycles. The van der Waals surface area contributed by atoms with Gasteiger partial charge in [-0.25, -0.2) is 5.10 Å². The van der Waals surface area contributed by atoms with Crippen molar-refractivity contribution >= 4 is 22.9 Å². The normalized spacial score (nSPS) is 14.7. The lowest BCUT2D eigenvalue weighted by Crippen LogP contribution is -2.49. The van der Waals surface area contributed by atoms with Gasteiger partial charge in [0.1, 0.15) is 0 Å². The molecule has 4 heterocycles. The number of rotatable bonds is 3. The average molecular weight is 370 g/mol. The van der Waals surface area contributed by atoms with Crippen LogP contribution in [0, 0.1) is 6.92 Å². The monoisotopic (exact) mass is 370 g/mol. The molecular weight excluding hydrogens is 352 g/mol. The topological polar surface area (TPSA) is 98.0 Å². The van der Waals surface area contributed by atoms with Crippen LogP contribution in [0.4, 0.5) is 5.69 Å². The molecular formula is C17H18N6O2S.